The van der Waals surface area contributed by atoms with Crippen molar-refractivity contribution in [2.24, 2.45) is 0 Å². The first kappa shape index (κ1) is 13.7. The normalized spacial score (nSPS) is 14.1. The van der Waals surface area contributed by atoms with Gasteiger partial charge < -0.3 is 9.84 Å². The van der Waals surface area contributed by atoms with Crippen LogP contribution in [-0.2, 0) is 9.53 Å². The lowest BCUT2D eigenvalue weighted by Gasteiger charge is -2.18. The minimum Gasteiger partial charge on any atom is -0.466 e. The molecule has 0 heterocycles. The molecule has 0 saturated carbocycles. The Balaban J connectivity index is 2.42. The minimum absolute atomic E-state index is 0.0330. The van der Waals surface area contributed by atoms with Crippen molar-refractivity contribution in [1.29, 1.82) is 0 Å². The van der Waals surface area contributed by atoms with E-state index in [0.717, 1.165) is 5.56 Å². The second kappa shape index (κ2) is 7.07. The quantitative estimate of drug-likeness (QED) is 0.772. The van der Waals surface area contributed by atoms with Crippen molar-refractivity contribution in [1.82, 2.24) is 0 Å². The van der Waals surface area contributed by atoms with Crippen molar-refractivity contribution in [3.63, 3.8) is 0 Å². The fourth-order valence-corrected chi connectivity index (χ4v) is 1.73. The van der Waals surface area contributed by atoms with Gasteiger partial charge in [-0.2, -0.15) is 0 Å². The summed E-state index contributed by atoms with van der Waals surface area (Å²) < 4.78 is 4.83. The van der Waals surface area contributed by atoms with Gasteiger partial charge in [-0.05, 0) is 18.9 Å². The highest BCUT2D eigenvalue weighted by molar-refractivity contribution is 5.69. The Hall–Kier alpha value is -1.35. The van der Waals surface area contributed by atoms with Gasteiger partial charge in [-0.1, -0.05) is 37.3 Å². The molecule has 0 spiro atoms. The first-order valence-corrected chi connectivity index (χ1v) is 6.03. The zero-order valence-corrected chi connectivity index (χ0v) is 10.4. The van der Waals surface area contributed by atoms with Gasteiger partial charge in [0.25, 0.3) is 0 Å². The van der Waals surface area contributed by atoms with E-state index >= 15 is 0 Å². The third kappa shape index (κ3) is 4.57. The molecule has 0 aliphatic rings. The van der Waals surface area contributed by atoms with Crippen LogP contribution in [0.15, 0.2) is 30.3 Å². The molecule has 1 aromatic carbocycles. The Morgan fingerprint density at radius 1 is 1.35 bits per heavy atom. The van der Waals surface area contributed by atoms with Gasteiger partial charge in [0.15, 0.2) is 0 Å². The lowest BCUT2D eigenvalue weighted by atomic mass is 9.93. The van der Waals surface area contributed by atoms with Crippen LogP contribution in [0.25, 0.3) is 0 Å². The summed E-state index contributed by atoms with van der Waals surface area (Å²) in [6, 6.07) is 9.81. The van der Waals surface area contributed by atoms with E-state index in [1.165, 1.54) is 0 Å². The van der Waals surface area contributed by atoms with Crippen LogP contribution in [0.2, 0.25) is 0 Å². The van der Waals surface area contributed by atoms with Gasteiger partial charge >= 0.3 is 5.97 Å². The molecular formula is C14H20O3. The Morgan fingerprint density at radius 2 is 2.00 bits per heavy atom. The number of aliphatic hydroxyl groups is 1. The summed E-state index contributed by atoms with van der Waals surface area (Å²) >= 11 is 0. The maximum Gasteiger partial charge on any atom is 0.305 e. The third-order valence-corrected chi connectivity index (χ3v) is 2.85. The van der Waals surface area contributed by atoms with Crippen molar-refractivity contribution >= 4 is 5.97 Å². The smallest absolute Gasteiger partial charge is 0.305 e. The average molecular weight is 236 g/mol. The van der Waals surface area contributed by atoms with E-state index in [-0.39, 0.29) is 18.3 Å². The highest BCUT2D eigenvalue weighted by atomic mass is 16.5. The number of hydrogen-bond donors (Lipinski definition) is 1. The topological polar surface area (TPSA) is 46.5 Å². The summed E-state index contributed by atoms with van der Waals surface area (Å²) in [7, 11) is 0. The van der Waals surface area contributed by atoms with Gasteiger partial charge in [0.1, 0.15) is 0 Å². The van der Waals surface area contributed by atoms with E-state index < -0.39 is 6.10 Å². The summed E-state index contributed by atoms with van der Waals surface area (Å²) in [6.07, 6.45) is 0.197. The molecule has 2 unspecified atom stereocenters. The van der Waals surface area contributed by atoms with Crippen molar-refractivity contribution in [3.05, 3.63) is 35.9 Å². The fraction of sp³-hybridized carbons (Fsp3) is 0.500. The summed E-state index contributed by atoms with van der Waals surface area (Å²) in [6.45, 7) is 4.13. The van der Waals surface area contributed by atoms with Gasteiger partial charge in [-0.3, -0.25) is 4.79 Å². The molecule has 0 bridgehead atoms. The molecule has 3 nitrogen and oxygen atoms in total. The molecule has 94 valence electrons. The zero-order chi connectivity index (χ0) is 12.7. The van der Waals surface area contributed by atoms with Gasteiger partial charge in [-0.25, -0.2) is 0 Å². The fourth-order valence-electron chi connectivity index (χ4n) is 1.73. The largest absolute Gasteiger partial charge is 0.466 e. The lowest BCUT2D eigenvalue weighted by Crippen LogP contribution is -2.18. The van der Waals surface area contributed by atoms with Crippen LogP contribution in [0.5, 0.6) is 0 Å². The summed E-state index contributed by atoms with van der Waals surface area (Å²) in [5, 5.41) is 9.98. The van der Waals surface area contributed by atoms with Crippen LogP contribution < -0.4 is 0 Å². The van der Waals surface area contributed by atoms with Crippen LogP contribution >= 0.6 is 0 Å². The van der Waals surface area contributed by atoms with E-state index in [9.17, 15) is 9.90 Å². The van der Waals surface area contributed by atoms with Crippen molar-refractivity contribution in [2.45, 2.75) is 38.7 Å². The zero-order valence-electron chi connectivity index (χ0n) is 10.4. The minimum atomic E-state index is -0.512. The van der Waals surface area contributed by atoms with Crippen molar-refractivity contribution in [3.8, 4) is 0 Å². The number of hydrogen-bond acceptors (Lipinski definition) is 3. The number of esters is 1. The van der Waals surface area contributed by atoms with Gasteiger partial charge in [0.05, 0.1) is 12.7 Å². The standard InChI is InChI=1S/C14H20O3/c1-3-17-14(16)10-9-13(15)11(2)12-7-5-4-6-8-12/h4-8,11,13,15H,3,9-10H2,1-2H3. The lowest BCUT2D eigenvalue weighted by molar-refractivity contribution is -0.143. The maximum atomic E-state index is 11.2. The number of carbonyl (C=O) groups excluding carboxylic acids is 1. The van der Waals surface area contributed by atoms with E-state index in [1.54, 1.807) is 6.92 Å². The Kier molecular flexibility index (Phi) is 5.70. The highest BCUT2D eigenvalue weighted by Gasteiger charge is 2.17. The molecule has 0 aliphatic heterocycles. The molecular weight excluding hydrogens is 216 g/mol. The highest BCUT2D eigenvalue weighted by Crippen LogP contribution is 2.21. The van der Waals surface area contributed by atoms with E-state index in [1.807, 2.05) is 37.3 Å². The second-order valence-corrected chi connectivity index (χ2v) is 4.11. The summed E-state index contributed by atoms with van der Waals surface area (Å²) in [5.41, 5.74) is 1.09. The maximum absolute atomic E-state index is 11.2. The van der Waals surface area contributed by atoms with Gasteiger partial charge in [0, 0.05) is 12.3 Å². The summed E-state index contributed by atoms with van der Waals surface area (Å²) in [5.74, 6) is -0.211. The first-order chi connectivity index (χ1) is 8.15. The molecule has 0 aliphatic carbocycles. The molecule has 3 heteroatoms. The molecule has 0 fully saturated rings. The predicted octanol–water partition coefficient (Wildman–Crippen LogP) is 2.49. The average Bonchev–Trinajstić information content (AvgIpc) is 2.36. The molecule has 1 N–H and O–H groups in total. The van der Waals surface area contributed by atoms with Crippen molar-refractivity contribution in [2.75, 3.05) is 6.61 Å². The van der Waals surface area contributed by atoms with Crippen LogP contribution in [-0.4, -0.2) is 23.8 Å². The first-order valence-electron chi connectivity index (χ1n) is 6.03. The van der Waals surface area contributed by atoms with Gasteiger partial charge in [-0.15, -0.1) is 0 Å². The number of carbonyl (C=O) groups is 1. The SMILES string of the molecule is CCOC(=O)CCC(O)C(C)c1ccccc1. The molecule has 1 rings (SSSR count). The molecule has 0 aromatic heterocycles. The van der Waals surface area contributed by atoms with Crippen molar-refractivity contribution < 1.29 is 14.6 Å². The van der Waals surface area contributed by atoms with Crippen LogP contribution in [0, 0.1) is 0 Å². The molecule has 17 heavy (non-hydrogen) atoms. The van der Waals surface area contributed by atoms with Crippen LogP contribution in [0.1, 0.15) is 38.2 Å². The Labute approximate surface area is 102 Å². The molecule has 0 radical (unpaired) electrons. The van der Waals surface area contributed by atoms with E-state index in [0.29, 0.717) is 13.0 Å². The molecule has 0 amide bonds. The molecule has 0 saturated heterocycles. The predicted molar refractivity (Wildman–Crippen MR) is 66.7 cm³/mol. The number of aliphatic hydroxyl groups excluding tert-OH is 1. The second-order valence-electron chi connectivity index (χ2n) is 4.11. The Morgan fingerprint density at radius 3 is 2.59 bits per heavy atom. The molecule has 2 atom stereocenters. The monoisotopic (exact) mass is 236 g/mol. The van der Waals surface area contributed by atoms with E-state index in [2.05, 4.69) is 0 Å². The van der Waals surface area contributed by atoms with Crippen LogP contribution in [0.4, 0.5) is 0 Å². The summed E-state index contributed by atoms with van der Waals surface area (Å²) in [4.78, 5) is 11.2. The van der Waals surface area contributed by atoms with Crippen LogP contribution in [0.3, 0.4) is 0 Å². The number of benzene rings is 1. The number of rotatable bonds is 6. The Bertz CT molecular complexity index is 335. The number of ether oxygens (including phenoxy) is 1. The third-order valence-electron chi connectivity index (χ3n) is 2.85. The van der Waals surface area contributed by atoms with Gasteiger partial charge in [0.2, 0.25) is 0 Å². The van der Waals surface area contributed by atoms with E-state index in [4.69, 9.17) is 4.74 Å². The molecule has 1 aromatic rings.